The van der Waals surface area contributed by atoms with Crippen molar-refractivity contribution in [1.29, 1.82) is 0 Å². The van der Waals surface area contributed by atoms with Crippen molar-refractivity contribution in [3.05, 3.63) is 17.0 Å². The molecule has 3 N–H and O–H groups in total. The zero-order chi connectivity index (χ0) is 14.0. The van der Waals surface area contributed by atoms with Gasteiger partial charge in [0.05, 0.1) is 0 Å². The molecule has 0 saturated heterocycles. The molecule has 1 aromatic heterocycles. The van der Waals surface area contributed by atoms with Crippen molar-refractivity contribution in [2.24, 2.45) is 5.41 Å². The van der Waals surface area contributed by atoms with Gasteiger partial charge in [-0.05, 0) is 12.1 Å². The molecule has 6 nitrogen and oxygen atoms in total. The summed E-state index contributed by atoms with van der Waals surface area (Å²) in [5.41, 5.74) is -0.569. The fourth-order valence-corrected chi connectivity index (χ4v) is 3.43. The van der Waals surface area contributed by atoms with Gasteiger partial charge in [-0.1, -0.05) is 13.8 Å². The Morgan fingerprint density at radius 2 is 2.06 bits per heavy atom. The molecule has 0 aliphatic heterocycles. The van der Waals surface area contributed by atoms with E-state index in [0.717, 1.165) is 0 Å². The van der Waals surface area contributed by atoms with Gasteiger partial charge in [-0.25, -0.2) is 17.9 Å². The van der Waals surface area contributed by atoms with Crippen LogP contribution in [0.3, 0.4) is 0 Å². The largest absolute Gasteiger partial charge is 0.477 e. The highest BCUT2D eigenvalue weighted by Crippen LogP contribution is 2.22. The van der Waals surface area contributed by atoms with Crippen LogP contribution in [0, 0.1) is 5.41 Å². The van der Waals surface area contributed by atoms with Gasteiger partial charge >= 0.3 is 5.97 Å². The highest BCUT2D eigenvalue weighted by molar-refractivity contribution is 7.91. The molecule has 0 spiro atoms. The number of aliphatic hydroxyl groups is 1. The highest BCUT2D eigenvalue weighted by Gasteiger charge is 2.23. The Morgan fingerprint density at radius 1 is 1.44 bits per heavy atom. The van der Waals surface area contributed by atoms with Gasteiger partial charge in [-0.2, -0.15) is 0 Å². The van der Waals surface area contributed by atoms with E-state index in [4.69, 9.17) is 10.2 Å². The standard InChI is InChI=1S/C10H15NO5S2/c1-10(2,6-12)5-11-18(15,16)8-4-3-7(17-8)9(13)14/h3-4,11-12H,5-6H2,1-2H3,(H,13,14). The third-order valence-corrected chi connectivity index (χ3v) is 5.19. The van der Waals surface area contributed by atoms with Gasteiger partial charge in [0.1, 0.15) is 9.09 Å². The van der Waals surface area contributed by atoms with Crippen molar-refractivity contribution in [2.75, 3.05) is 13.2 Å². The number of rotatable bonds is 6. The summed E-state index contributed by atoms with van der Waals surface area (Å²) in [7, 11) is -3.72. The van der Waals surface area contributed by atoms with Crippen LogP contribution in [0.1, 0.15) is 23.5 Å². The van der Waals surface area contributed by atoms with E-state index in [2.05, 4.69) is 4.72 Å². The molecule has 102 valence electrons. The maximum Gasteiger partial charge on any atom is 0.345 e. The molecule has 0 aliphatic carbocycles. The molecular weight excluding hydrogens is 278 g/mol. The second-order valence-electron chi connectivity index (χ2n) is 4.57. The molecule has 18 heavy (non-hydrogen) atoms. The molecule has 8 heteroatoms. The van der Waals surface area contributed by atoms with E-state index in [1.54, 1.807) is 13.8 Å². The molecule has 1 aromatic rings. The Labute approximate surface area is 109 Å². The first-order valence-corrected chi connectivity index (χ1v) is 7.41. The SMILES string of the molecule is CC(C)(CO)CNS(=O)(=O)c1ccc(C(=O)O)s1. The van der Waals surface area contributed by atoms with Crippen molar-refractivity contribution in [1.82, 2.24) is 4.72 Å². The van der Waals surface area contributed by atoms with Gasteiger partial charge in [-0.15, -0.1) is 11.3 Å². The lowest BCUT2D eigenvalue weighted by Crippen LogP contribution is -2.35. The Bertz CT molecular complexity index is 532. The fraction of sp³-hybridized carbons (Fsp3) is 0.500. The van der Waals surface area contributed by atoms with Crippen molar-refractivity contribution in [3.8, 4) is 0 Å². The van der Waals surface area contributed by atoms with Gasteiger partial charge < -0.3 is 10.2 Å². The predicted molar refractivity (Wildman–Crippen MR) is 67.3 cm³/mol. The molecule has 1 rings (SSSR count). The first-order valence-electron chi connectivity index (χ1n) is 5.12. The molecule has 0 aromatic carbocycles. The number of aliphatic hydroxyl groups excluding tert-OH is 1. The molecule has 0 bridgehead atoms. The van der Waals surface area contributed by atoms with Crippen LogP contribution in [0.2, 0.25) is 0 Å². The maximum atomic E-state index is 11.9. The maximum absolute atomic E-state index is 11.9. The van der Waals surface area contributed by atoms with Crippen molar-refractivity contribution < 1.29 is 23.4 Å². The summed E-state index contributed by atoms with van der Waals surface area (Å²) in [6.45, 7) is 3.35. The minimum absolute atomic E-state index is 0.0307. The number of hydrogen-bond acceptors (Lipinski definition) is 5. The zero-order valence-electron chi connectivity index (χ0n) is 10.0. The molecule has 0 radical (unpaired) electrons. The lowest BCUT2D eigenvalue weighted by Gasteiger charge is -2.21. The van der Waals surface area contributed by atoms with Crippen LogP contribution in [0.15, 0.2) is 16.3 Å². The van der Waals surface area contributed by atoms with Crippen LogP contribution in [0.25, 0.3) is 0 Å². The van der Waals surface area contributed by atoms with E-state index >= 15 is 0 Å². The van der Waals surface area contributed by atoms with E-state index in [1.807, 2.05) is 0 Å². The van der Waals surface area contributed by atoms with Gasteiger partial charge in [0, 0.05) is 18.6 Å². The summed E-state index contributed by atoms with van der Waals surface area (Å²) in [6.07, 6.45) is 0. The van der Waals surface area contributed by atoms with E-state index in [0.29, 0.717) is 11.3 Å². The molecule has 0 amide bonds. The monoisotopic (exact) mass is 293 g/mol. The predicted octanol–water partition coefficient (Wildman–Crippen LogP) is 0.743. The third-order valence-electron chi connectivity index (χ3n) is 2.23. The fourth-order valence-electron chi connectivity index (χ4n) is 0.997. The second-order valence-corrected chi connectivity index (χ2v) is 7.65. The third kappa shape index (κ3) is 3.77. The average Bonchev–Trinajstić information content (AvgIpc) is 2.77. The van der Waals surface area contributed by atoms with Crippen LogP contribution in [-0.2, 0) is 10.0 Å². The lowest BCUT2D eigenvalue weighted by atomic mass is 9.96. The van der Waals surface area contributed by atoms with E-state index in [-0.39, 0.29) is 22.2 Å². The first-order chi connectivity index (χ1) is 8.18. The van der Waals surface area contributed by atoms with Gasteiger partial charge in [0.25, 0.3) is 0 Å². The number of hydrogen-bond donors (Lipinski definition) is 3. The highest BCUT2D eigenvalue weighted by atomic mass is 32.2. The molecule has 0 atom stereocenters. The summed E-state index contributed by atoms with van der Waals surface area (Å²) in [5, 5.41) is 17.8. The summed E-state index contributed by atoms with van der Waals surface area (Å²) in [5.74, 6) is -1.16. The van der Waals surface area contributed by atoms with Crippen LogP contribution < -0.4 is 4.72 Å². The number of carbonyl (C=O) groups is 1. The molecule has 0 aliphatic rings. The van der Waals surface area contributed by atoms with Crippen molar-refractivity contribution >= 4 is 27.3 Å². The van der Waals surface area contributed by atoms with Crippen LogP contribution in [-0.4, -0.2) is 37.8 Å². The molecular formula is C10H15NO5S2. The Kier molecular flexibility index (Phi) is 4.49. The second kappa shape index (κ2) is 5.35. The van der Waals surface area contributed by atoms with Crippen molar-refractivity contribution in [3.63, 3.8) is 0 Å². The smallest absolute Gasteiger partial charge is 0.345 e. The summed E-state index contributed by atoms with van der Waals surface area (Å²) < 4.78 is 26.0. The molecule has 0 fully saturated rings. The Balaban J connectivity index is 2.83. The number of carboxylic acids is 1. The van der Waals surface area contributed by atoms with Crippen LogP contribution >= 0.6 is 11.3 Å². The first kappa shape index (κ1) is 15.1. The summed E-state index contributed by atoms with van der Waals surface area (Å²) >= 11 is 0.694. The Hall–Kier alpha value is -0.960. The van der Waals surface area contributed by atoms with Gasteiger partial charge in [0.15, 0.2) is 0 Å². The van der Waals surface area contributed by atoms with E-state index in [1.165, 1.54) is 12.1 Å². The Morgan fingerprint density at radius 3 is 2.50 bits per heavy atom. The number of carboxylic acid groups (broad SMARTS) is 1. The lowest BCUT2D eigenvalue weighted by molar-refractivity contribution is 0.0702. The minimum Gasteiger partial charge on any atom is -0.477 e. The number of aromatic carboxylic acids is 1. The number of nitrogens with one attached hydrogen (secondary N) is 1. The van der Waals surface area contributed by atoms with Crippen molar-refractivity contribution in [2.45, 2.75) is 18.1 Å². The quantitative estimate of drug-likeness (QED) is 0.718. The van der Waals surface area contributed by atoms with Gasteiger partial charge in [-0.3, -0.25) is 0 Å². The zero-order valence-corrected chi connectivity index (χ0v) is 11.6. The molecule has 0 unspecified atom stereocenters. The number of thiophene rings is 1. The molecule has 0 saturated carbocycles. The summed E-state index contributed by atoms with van der Waals surface area (Å²) in [4.78, 5) is 10.6. The van der Waals surface area contributed by atoms with E-state index < -0.39 is 21.4 Å². The van der Waals surface area contributed by atoms with Gasteiger partial charge in [0.2, 0.25) is 10.0 Å². The summed E-state index contributed by atoms with van der Waals surface area (Å²) in [6, 6.07) is 2.50. The topological polar surface area (TPSA) is 104 Å². The number of sulfonamides is 1. The van der Waals surface area contributed by atoms with Crippen LogP contribution in [0.4, 0.5) is 0 Å². The molecule has 1 heterocycles. The average molecular weight is 293 g/mol. The van der Waals surface area contributed by atoms with Crippen LogP contribution in [0.5, 0.6) is 0 Å². The van der Waals surface area contributed by atoms with E-state index in [9.17, 15) is 13.2 Å². The normalized spacial score (nSPS) is 12.6. The minimum atomic E-state index is -3.72.